The first-order valence-electron chi connectivity index (χ1n) is 5.99. The van der Waals surface area contributed by atoms with Crippen LogP contribution in [0.5, 0.6) is 0 Å². The molecule has 98 valence electrons. The van der Waals surface area contributed by atoms with Crippen LogP contribution in [0.25, 0.3) is 0 Å². The first-order chi connectivity index (χ1) is 9.33. The van der Waals surface area contributed by atoms with Gasteiger partial charge in [0.25, 0.3) is 5.91 Å². The van der Waals surface area contributed by atoms with Gasteiger partial charge >= 0.3 is 0 Å². The molecule has 3 heterocycles. The standard InChI is InChI=1S/C12H13N5O2/c18-12(10-6-13-1-2-14-10)16-5-9-7-17-4-3-15-11(17)8-19-9/h1-4,6,9H,5,7-8H2,(H,16,18)/t9-/m0/s1. The van der Waals surface area contributed by atoms with Crippen LogP contribution < -0.4 is 5.32 Å². The molecule has 1 atom stereocenters. The van der Waals surface area contributed by atoms with Crippen LogP contribution in [0.1, 0.15) is 16.3 Å². The van der Waals surface area contributed by atoms with E-state index in [4.69, 9.17) is 4.74 Å². The lowest BCUT2D eigenvalue weighted by atomic mass is 10.3. The third-order valence-corrected chi connectivity index (χ3v) is 2.94. The van der Waals surface area contributed by atoms with Gasteiger partial charge in [0, 0.05) is 31.3 Å². The first-order valence-corrected chi connectivity index (χ1v) is 5.99. The summed E-state index contributed by atoms with van der Waals surface area (Å²) < 4.78 is 7.65. The molecule has 0 spiro atoms. The zero-order valence-corrected chi connectivity index (χ0v) is 10.2. The van der Waals surface area contributed by atoms with Crippen molar-refractivity contribution in [1.82, 2.24) is 24.8 Å². The Morgan fingerprint density at radius 1 is 1.42 bits per heavy atom. The monoisotopic (exact) mass is 259 g/mol. The van der Waals surface area contributed by atoms with Gasteiger partial charge in [-0.1, -0.05) is 0 Å². The largest absolute Gasteiger partial charge is 0.367 e. The summed E-state index contributed by atoms with van der Waals surface area (Å²) in [6.45, 7) is 1.60. The number of fused-ring (bicyclic) bond motifs is 1. The maximum absolute atomic E-state index is 11.8. The number of amides is 1. The van der Waals surface area contributed by atoms with E-state index in [2.05, 4.69) is 20.3 Å². The molecule has 0 aliphatic carbocycles. The summed E-state index contributed by atoms with van der Waals surface area (Å²) in [5, 5.41) is 2.79. The van der Waals surface area contributed by atoms with Crippen LogP contribution in [-0.4, -0.2) is 38.1 Å². The van der Waals surface area contributed by atoms with E-state index in [9.17, 15) is 4.79 Å². The van der Waals surface area contributed by atoms with Crippen LogP contribution in [-0.2, 0) is 17.9 Å². The Labute approximate surface area is 109 Å². The molecule has 1 N–H and O–H groups in total. The predicted molar refractivity (Wildman–Crippen MR) is 65.2 cm³/mol. The molecule has 0 bridgehead atoms. The zero-order chi connectivity index (χ0) is 13.1. The smallest absolute Gasteiger partial charge is 0.271 e. The lowest BCUT2D eigenvalue weighted by Gasteiger charge is -2.24. The fourth-order valence-corrected chi connectivity index (χ4v) is 1.95. The van der Waals surface area contributed by atoms with E-state index in [0.717, 1.165) is 5.82 Å². The van der Waals surface area contributed by atoms with E-state index in [1.54, 1.807) is 6.20 Å². The number of aromatic nitrogens is 4. The van der Waals surface area contributed by atoms with E-state index in [-0.39, 0.29) is 12.0 Å². The third-order valence-electron chi connectivity index (χ3n) is 2.94. The minimum absolute atomic E-state index is 0.0534. The van der Waals surface area contributed by atoms with Gasteiger partial charge in [0.05, 0.1) is 18.8 Å². The second-order valence-corrected chi connectivity index (χ2v) is 4.23. The maximum atomic E-state index is 11.8. The molecule has 0 fully saturated rings. The van der Waals surface area contributed by atoms with E-state index in [0.29, 0.717) is 25.4 Å². The van der Waals surface area contributed by atoms with Gasteiger partial charge < -0.3 is 14.6 Å². The molecule has 3 rings (SSSR count). The van der Waals surface area contributed by atoms with Crippen LogP contribution in [0, 0.1) is 0 Å². The third kappa shape index (κ3) is 2.60. The van der Waals surface area contributed by atoms with Gasteiger partial charge in [-0.3, -0.25) is 9.78 Å². The summed E-state index contributed by atoms with van der Waals surface area (Å²) in [5.41, 5.74) is 0.307. The average molecular weight is 259 g/mol. The summed E-state index contributed by atoms with van der Waals surface area (Å²) in [6, 6.07) is 0. The van der Waals surface area contributed by atoms with Crippen LogP contribution in [0.3, 0.4) is 0 Å². The normalized spacial score (nSPS) is 17.8. The number of hydrogen-bond acceptors (Lipinski definition) is 5. The molecule has 2 aromatic rings. The fraction of sp³-hybridized carbons (Fsp3) is 0.333. The Balaban J connectivity index is 1.55. The van der Waals surface area contributed by atoms with Gasteiger partial charge in [0.2, 0.25) is 0 Å². The minimum atomic E-state index is -0.242. The zero-order valence-electron chi connectivity index (χ0n) is 10.2. The molecule has 7 heteroatoms. The van der Waals surface area contributed by atoms with Crippen molar-refractivity contribution in [3.63, 3.8) is 0 Å². The van der Waals surface area contributed by atoms with Crippen molar-refractivity contribution in [3.05, 3.63) is 42.5 Å². The number of carbonyl (C=O) groups is 1. The van der Waals surface area contributed by atoms with Crippen LogP contribution >= 0.6 is 0 Å². The number of nitrogens with one attached hydrogen (secondary N) is 1. The van der Waals surface area contributed by atoms with Gasteiger partial charge in [-0.05, 0) is 0 Å². The Morgan fingerprint density at radius 2 is 2.37 bits per heavy atom. The quantitative estimate of drug-likeness (QED) is 0.839. The van der Waals surface area contributed by atoms with Crippen LogP contribution in [0.4, 0.5) is 0 Å². The van der Waals surface area contributed by atoms with Crippen molar-refractivity contribution in [2.45, 2.75) is 19.3 Å². The highest BCUT2D eigenvalue weighted by Gasteiger charge is 2.20. The number of rotatable bonds is 3. The molecule has 2 aromatic heterocycles. The number of nitrogens with zero attached hydrogens (tertiary/aromatic N) is 4. The van der Waals surface area contributed by atoms with Gasteiger partial charge in [-0.2, -0.15) is 0 Å². The number of imidazole rings is 1. The van der Waals surface area contributed by atoms with E-state index in [1.165, 1.54) is 18.6 Å². The maximum Gasteiger partial charge on any atom is 0.271 e. The molecule has 19 heavy (non-hydrogen) atoms. The molecule has 0 saturated heterocycles. The predicted octanol–water partition coefficient (Wildman–Crippen LogP) is 0.00190. The Hall–Kier alpha value is -2.28. The number of hydrogen-bond donors (Lipinski definition) is 1. The summed E-state index contributed by atoms with van der Waals surface area (Å²) in [4.78, 5) is 23.8. The highest BCUT2D eigenvalue weighted by atomic mass is 16.5. The van der Waals surface area contributed by atoms with E-state index >= 15 is 0 Å². The molecule has 1 aliphatic rings. The number of ether oxygens (including phenoxy) is 1. The molecule has 7 nitrogen and oxygen atoms in total. The SMILES string of the molecule is O=C(NC[C@H]1Cn2ccnc2CO1)c1cnccn1. The Kier molecular flexibility index (Phi) is 3.20. The Bertz CT molecular complexity index is 569. The van der Waals surface area contributed by atoms with Crippen molar-refractivity contribution in [2.24, 2.45) is 0 Å². The highest BCUT2D eigenvalue weighted by molar-refractivity contribution is 5.91. The van der Waals surface area contributed by atoms with Crippen molar-refractivity contribution in [3.8, 4) is 0 Å². The molecular weight excluding hydrogens is 246 g/mol. The lowest BCUT2D eigenvalue weighted by molar-refractivity contribution is 0.00324. The fourth-order valence-electron chi connectivity index (χ4n) is 1.95. The summed E-state index contributed by atoms with van der Waals surface area (Å²) >= 11 is 0. The minimum Gasteiger partial charge on any atom is -0.367 e. The van der Waals surface area contributed by atoms with Crippen molar-refractivity contribution < 1.29 is 9.53 Å². The van der Waals surface area contributed by atoms with Crippen molar-refractivity contribution in [2.75, 3.05) is 6.54 Å². The van der Waals surface area contributed by atoms with Crippen molar-refractivity contribution in [1.29, 1.82) is 0 Å². The second-order valence-electron chi connectivity index (χ2n) is 4.23. The summed E-state index contributed by atoms with van der Waals surface area (Å²) in [5.74, 6) is 0.671. The van der Waals surface area contributed by atoms with Gasteiger partial charge in [-0.25, -0.2) is 9.97 Å². The van der Waals surface area contributed by atoms with Crippen molar-refractivity contribution >= 4 is 5.91 Å². The average Bonchev–Trinajstić information content (AvgIpc) is 2.93. The summed E-state index contributed by atoms with van der Waals surface area (Å²) in [6.07, 6.45) is 8.06. The van der Waals surface area contributed by atoms with E-state index in [1.807, 2.05) is 10.8 Å². The Morgan fingerprint density at radius 3 is 3.21 bits per heavy atom. The first kappa shape index (κ1) is 11.8. The highest BCUT2D eigenvalue weighted by Crippen LogP contribution is 2.11. The molecule has 1 aliphatic heterocycles. The topological polar surface area (TPSA) is 81.9 Å². The summed E-state index contributed by atoms with van der Waals surface area (Å²) in [7, 11) is 0. The van der Waals surface area contributed by atoms with Gasteiger partial charge in [-0.15, -0.1) is 0 Å². The second kappa shape index (κ2) is 5.15. The van der Waals surface area contributed by atoms with Crippen LogP contribution in [0.15, 0.2) is 31.0 Å². The number of carbonyl (C=O) groups excluding carboxylic acids is 1. The van der Waals surface area contributed by atoms with Gasteiger partial charge in [0.1, 0.15) is 18.1 Å². The lowest BCUT2D eigenvalue weighted by Crippen LogP contribution is -2.38. The molecule has 1 amide bonds. The van der Waals surface area contributed by atoms with Crippen LogP contribution in [0.2, 0.25) is 0 Å². The molecule has 0 unspecified atom stereocenters. The molecule has 0 saturated carbocycles. The molecule has 0 radical (unpaired) electrons. The van der Waals surface area contributed by atoms with E-state index < -0.39 is 0 Å². The molecular formula is C12H13N5O2. The van der Waals surface area contributed by atoms with Gasteiger partial charge in [0.15, 0.2) is 0 Å². The molecule has 0 aromatic carbocycles.